The maximum Gasteiger partial charge on any atom is 0.302 e. The molecule has 0 radical (unpaired) electrons. The van der Waals surface area contributed by atoms with Gasteiger partial charge in [-0.2, -0.15) is 13.5 Å². The van der Waals surface area contributed by atoms with Crippen molar-refractivity contribution in [2.24, 2.45) is 10.9 Å². The Labute approximate surface area is 202 Å². The fourth-order valence-electron chi connectivity index (χ4n) is 4.31. The summed E-state index contributed by atoms with van der Waals surface area (Å²) in [5.41, 5.74) is 0.520. The summed E-state index contributed by atoms with van der Waals surface area (Å²) in [4.78, 5) is 15.3. The molecule has 2 heterocycles. The summed E-state index contributed by atoms with van der Waals surface area (Å²) in [6, 6.07) is 10.6. The van der Waals surface area contributed by atoms with Crippen molar-refractivity contribution in [2.75, 3.05) is 13.2 Å². The van der Waals surface area contributed by atoms with Crippen molar-refractivity contribution in [1.29, 1.82) is 0 Å². The molecular weight excluding hydrogens is 476 g/mol. The number of rotatable bonds is 7. The van der Waals surface area contributed by atoms with Crippen LogP contribution < -0.4 is 5.84 Å². The molecule has 0 bridgehead atoms. The van der Waals surface area contributed by atoms with Crippen LogP contribution >= 0.6 is 0 Å². The van der Waals surface area contributed by atoms with Crippen molar-refractivity contribution < 1.29 is 27.0 Å². The maximum atomic E-state index is 12.8. The van der Waals surface area contributed by atoms with Crippen LogP contribution in [0.1, 0.15) is 43.9 Å². The van der Waals surface area contributed by atoms with E-state index < -0.39 is 26.9 Å². The number of hydrogen-bond acceptors (Lipinski definition) is 10. The Morgan fingerprint density at radius 2 is 1.83 bits per heavy atom. The Morgan fingerprint density at radius 1 is 1.17 bits per heavy atom. The van der Waals surface area contributed by atoms with Crippen LogP contribution in [0.4, 0.5) is 0 Å². The fraction of sp³-hybridized carbons (Fsp3) is 0.391. The Morgan fingerprint density at radius 3 is 2.37 bits per heavy atom. The molecule has 1 aliphatic heterocycles. The molecule has 2 N–H and O–H groups in total. The Hall–Kier alpha value is -3.19. The standard InChI is InChI=1S/C23H26N4O7S/c1-16(22(27(28)29)21(26-24)20-4-2-3-13-25-20)17-5-7-19(8-6-17)35(30,31)34-18-9-11-23(12-10-18)32-14-15-33-23/h2-8,13,18H,9-12,14-15,24H2,1H3/b22-16+,26-21-. The van der Waals surface area contributed by atoms with Crippen LogP contribution in [0.5, 0.6) is 0 Å². The van der Waals surface area contributed by atoms with Crippen LogP contribution in [0.15, 0.2) is 64.4 Å². The normalized spacial score (nSPS) is 19.5. The van der Waals surface area contributed by atoms with Gasteiger partial charge in [0.25, 0.3) is 10.1 Å². The third kappa shape index (κ3) is 5.40. The van der Waals surface area contributed by atoms with Crippen LogP contribution in [0.25, 0.3) is 5.57 Å². The van der Waals surface area contributed by atoms with E-state index in [4.69, 9.17) is 19.5 Å². The van der Waals surface area contributed by atoms with Gasteiger partial charge in [0.05, 0.1) is 34.8 Å². The summed E-state index contributed by atoms with van der Waals surface area (Å²) in [5.74, 6) is 4.86. The van der Waals surface area contributed by atoms with E-state index in [0.717, 1.165) is 0 Å². The van der Waals surface area contributed by atoms with Gasteiger partial charge in [0.1, 0.15) is 0 Å². The first kappa shape index (κ1) is 24.9. The lowest BCUT2D eigenvalue weighted by Gasteiger charge is -2.34. The second-order valence-electron chi connectivity index (χ2n) is 8.31. The number of nitrogens with two attached hydrogens (primary N) is 1. The van der Waals surface area contributed by atoms with E-state index >= 15 is 0 Å². The fourth-order valence-corrected chi connectivity index (χ4v) is 5.44. The number of nitrogens with zero attached hydrogens (tertiary/aromatic N) is 3. The highest BCUT2D eigenvalue weighted by molar-refractivity contribution is 7.86. The van der Waals surface area contributed by atoms with Gasteiger partial charge >= 0.3 is 5.70 Å². The molecule has 1 spiro atoms. The van der Waals surface area contributed by atoms with Crippen LogP contribution in [-0.2, 0) is 23.8 Å². The second-order valence-corrected chi connectivity index (χ2v) is 9.88. The van der Waals surface area contributed by atoms with Gasteiger partial charge in [-0.3, -0.25) is 19.3 Å². The third-order valence-corrected chi connectivity index (χ3v) is 7.52. The predicted octanol–water partition coefficient (Wildman–Crippen LogP) is 2.84. The van der Waals surface area contributed by atoms with Crippen molar-refractivity contribution in [3.8, 4) is 0 Å². The summed E-state index contributed by atoms with van der Waals surface area (Å²) in [6.45, 7) is 2.63. The molecule has 186 valence electrons. The highest BCUT2D eigenvalue weighted by atomic mass is 32.2. The van der Waals surface area contributed by atoms with Crippen molar-refractivity contribution in [2.45, 2.75) is 49.4 Å². The van der Waals surface area contributed by atoms with Crippen LogP contribution in [-0.4, -0.2) is 49.1 Å². The average molecular weight is 503 g/mol. The Bertz CT molecular complexity index is 1230. The zero-order valence-corrected chi connectivity index (χ0v) is 19.9. The quantitative estimate of drug-likeness (QED) is 0.198. The van der Waals surface area contributed by atoms with E-state index in [-0.39, 0.29) is 27.6 Å². The monoisotopic (exact) mass is 502 g/mol. The summed E-state index contributed by atoms with van der Waals surface area (Å²) >= 11 is 0. The molecule has 2 aliphatic rings. The van der Waals surface area contributed by atoms with Crippen molar-refractivity contribution in [3.05, 3.63) is 75.7 Å². The molecule has 1 aliphatic carbocycles. The van der Waals surface area contributed by atoms with Crippen molar-refractivity contribution in [1.82, 2.24) is 4.98 Å². The molecule has 1 aromatic heterocycles. The van der Waals surface area contributed by atoms with Crippen LogP contribution in [0.3, 0.4) is 0 Å². The smallest absolute Gasteiger partial charge is 0.302 e. The van der Waals surface area contributed by atoms with E-state index in [2.05, 4.69) is 10.1 Å². The first-order chi connectivity index (χ1) is 16.7. The van der Waals surface area contributed by atoms with E-state index in [9.17, 15) is 18.5 Å². The van der Waals surface area contributed by atoms with Gasteiger partial charge < -0.3 is 15.3 Å². The largest absolute Gasteiger partial charge is 0.348 e. The van der Waals surface area contributed by atoms with Gasteiger partial charge in [-0.1, -0.05) is 18.2 Å². The molecule has 2 fully saturated rings. The molecule has 11 nitrogen and oxygen atoms in total. The lowest BCUT2D eigenvalue weighted by molar-refractivity contribution is -0.414. The molecular formula is C23H26N4O7S. The minimum Gasteiger partial charge on any atom is -0.348 e. The third-order valence-electron chi connectivity index (χ3n) is 6.15. The van der Waals surface area contributed by atoms with Gasteiger partial charge in [0, 0.05) is 24.6 Å². The molecule has 1 saturated carbocycles. The maximum absolute atomic E-state index is 12.8. The number of benzene rings is 1. The molecule has 0 atom stereocenters. The predicted molar refractivity (Wildman–Crippen MR) is 126 cm³/mol. The highest BCUT2D eigenvalue weighted by Crippen LogP contribution is 2.37. The van der Waals surface area contributed by atoms with Gasteiger partial charge in [-0.15, -0.1) is 0 Å². The number of hydrogen-bond donors (Lipinski definition) is 1. The van der Waals surface area contributed by atoms with E-state index in [1.54, 1.807) is 18.2 Å². The van der Waals surface area contributed by atoms with Gasteiger partial charge in [-0.25, -0.2) is 0 Å². The zero-order valence-electron chi connectivity index (χ0n) is 19.1. The number of hydrazone groups is 1. The molecule has 0 amide bonds. The Kier molecular flexibility index (Phi) is 7.26. The van der Waals surface area contributed by atoms with E-state index in [0.29, 0.717) is 44.5 Å². The highest BCUT2D eigenvalue weighted by Gasteiger charge is 2.41. The van der Waals surface area contributed by atoms with E-state index in [1.165, 1.54) is 37.4 Å². The van der Waals surface area contributed by atoms with Crippen molar-refractivity contribution >= 4 is 21.4 Å². The lowest BCUT2D eigenvalue weighted by atomic mass is 9.92. The SMILES string of the molecule is C/C(=C(/C(=N\N)c1ccccn1)[N+](=O)[O-])c1ccc(S(=O)(=O)OC2CCC3(CC2)OCCO3)cc1. The average Bonchev–Trinajstić information content (AvgIpc) is 3.32. The van der Waals surface area contributed by atoms with Gasteiger partial charge in [0.15, 0.2) is 11.5 Å². The summed E-state index contributed by atoms with van der Waals surface area (Å²) in [7, 11) is -4.02. The number of nitro groups is 1. The Balaban J connectivity index is 1.53. The summed E-state index contributed by atoms with van der Waals surface area (Å²) in [6.07, 6.45) is 3.15. The topological polar surface area (TPSA) is 156 Å². The van der Waals surface area contributed by atoms with Crippen molar-refractivity contribution in [3.63, 3.8) is 0 Å². The molecule has 35 heavy (non-hydrogen) atoms. The van der Waals surface area contributed by atoms with Gasteiger partial charge in [-0.05, 0) is 49.6 Å². The molecule has 1 saturated heterocycles. The number of ether oxygens (including phenoxy) is 2. The molecule has 1 aromatic carbocycles. The van der Waals surface area contributed by atoms with Gasteiger partial charge in [0.2, 0.25) is 0 Å². The number of aromatic nitrogens is 1. The first-order valence-electron chi connectivity index (χ1n) is 11.1. The van der Waals surface area contributed by atoms with E-state index in [1.807, 2.05) is 0 Å². The minimum atomic E-state index is -4.02. The molecule has 2 aromatic rings. The molecule has 12 heteroatoms. The summed E-state index contributed by atoms with van der Waals surface area (Å²) in [5, 5.41) is 15.5. The zero-order chi connectivity index (χ0) is 25.1. The number of pyridine rings is 1. The number of allylic oxidation sites excluding steroid dienone is 2. The lowest BCUT2D eigenvalue weighted by Crippen LogP contribution is -2.38. The first-order valence-corrected chi connectivity index (χ1v) is 12.5. The van der Waals surface area contributed by atoms with Crippen LogP contribution in [0.2, 0.25) is 0 Å². The molecule has 0 unspecified atom stereocenters. The summed E-state index contributed by atoms with van der Waals surface area (Å²) < 4.78 is 42.5. The molecule has 4 rings (SSSR count). The van der Waals surface area contributed by atoms with Crippen LogP contribution in [0, 0.1) is 10.1 Å². The second kappa shape index (κ2) is 10.2. The minimum absolute atomic E-state index is 0.0391.